The van der Waals surface area contributed by atoms with E-state index in [-0.39, 0.29) is 11.3 Å². The third kappa shape index (κ3) is 4.72. The Balaban J connectivity index is 1.73. The van der Waals surface area contributed by atoms with E-state index >= 15 is 0 Å². The number of aryl methyl sites for hydroxylation is 1. The van der Waals surface area contributed by atoms with Crippen molar-refractivity contribution < 1.29 is 19.4 Å². The van der Waals surface area contributed by atoms with Gasteiger partial charge in [0.15, 0.2) is 0 Å². The Bertz CT molecular complexity index is 1170. The number of ketones is 1. The second-order valence-corrected chi connectivity index (χ2v) is 7.68. The highest BCUT2D eigenvalue weighted by atomic mass is 16.5. The van der Waals surface area contributed by atoms with Crippen molar-refractivity contribution in [2.75, 3.05) is 13.2 Å². The van der Waals surface area contributed by atoms with Gasteiger partial charge in [0.1, 0.15) is 18.1 Å². The van der Waals surface area contributed by atoms with Crippen LogP contribution in [-0.2, 0) is 16.1 Å². The van der Waals surface area contributed by atoms with Crippen LogP contribution in [0.25, 0.3) is 5.76 Å². The van der Waals surface area contributed by atoms with E-state index < -0.39 is 17.7 Å². The summed E-state index contributed by atoms with van der Waals surface area (Å²) in [4.78, 5) is 31.7. The number of hydrogen-bond donors (Lipinski definition) is 1. The molecule has 4 rings (SSSR count). The zero-order chi connectivity index (χ0) is 23.2. The second-order valence-electron chi connectivity index (χ2n) is 7.68. The molecule has 0 unspecified atom stereocenters. The molecule has 0 radical (unpaired) electrons. The summed E-state index contributed by atoms with van der Waals surface area (Å²) in [6.07, 6.45) is 7.52. The van der Waals surface area contributed by atoms with Crippen LogP contribution >= 0.6 is 0 Å². The van der Waals surface area contributed by atoms with Gasteiger partial charge in [-0.05, 0) is 24.1 Å². The largest absolute Gasteiger partial charge is 0.507 e. The number of aliphatic hydroxyl groups excluding tert-OH is 1. The molecule has 1 amide bonds. The zero-order valence-corrected chi connectivity index (χ0v) is 18.1. The van der Waals surface area contributed by atoms with Crippen LogP contribution in [0, 0.1) is 0 Å². The topological polar surface area (TPSA) is 84.7 Å². The van der Waals surface area contributed by atoms with E-state index in [0.29, 0.717) is 43.0 Å². The molecule has 7 nitrogen and oxygen atoms in total. The van der Waals surface area contributed by atoms with Gasteiger partial charge in [0, 0.05) is 31.0 Å². The number of Topliss-reactive ketones (excluding diaryl/α,β-unsaturated/α-hetero) is 1. The number of nitrogens with zero attached hydrogens (tertiary/aromatic N) is 3. The first-order valence-corrected chi connectivity index (χ1v) is 10.7. The summed E-state index contributed by atoms with van der Waals surface area (Å²) in [5.41, 5.74) is 1.25. The zero-order valence-electron chi connectivity index (χ0n) is 18.1. The first kappa shape index (κ1) is 22.1. The average Bonchev–Trinajstić information content (AvgIpc) is 3.45. The number of carbonyl (C=O) groups is 2. The van der Waals surface area contributed by atoms with E-state index in [1.165, 1.54) is 4.90 Å². The minimum absolute atomic E-state index is 0.0784. The fraction of sp³-hybridized carbons (Fsp3) is 0.192. The quantitative estimate of drug-likeness (QED) is 0.234. The number of likely N-dealkylation sites (tertiary alicyclic amines) is 1. The molecule has 33 heavy (non-hydrogen) atoms. The molecule has 0 saturated carbocycles. The maximum absolute atomic E-state index is 13.1. The molecule has 0 spiro atoms. The minimum atomic E-state index is -0.722. The van der Waals surface area contributed by atoms with Crippen molar-refractivity contribution in [2.24, 2.45) is 0 Å². The van der Waals surface area contributed by atoms with Crippen molar-refractivity contribution in [2.45, 2.75) is 19.0 Å². The van der Waals surface area contributed by atoms with Crippen LogP contribution < -0.4 is 4.74 Å². The van der Waals surface area contributed by atoms with E-state index in [0.717, 1.165) is 0 Å². The van der Waals surface area contributed by atoms with Gasteiger partial charge in [0.25, 0.3) is 11.7 Å². The summed E-state index contributed by atoms with van der Waals surface area (Å²) >= 11 is 0. The van der Waals surface area contributed by atoms with Crippen molar-refractivity contribution in [3.8, 4) is 5.75 Å². The summed E-state index contributed by atoms with van der Waals surface area (Å²) in [5, 5.41) is 11.1. The lowest BCUT2D eigenvalue weighted by molar-refractivity contribution is -0.139. The number of amides is 1. The van der Waals surface area contributed by atoms with Crippen LogP contribution in [0.2, 0.25) is 0 Å². The molecule has 3 aromatic rings. The van der Waals surface area contributed by atoms with E-state index in [2.05, 4.69) is 11.6 Å². The molecule has 2 heterocycles. The van der Waals surface area contributed by atoms with E-state index in [1.807, 2.05) is 29.0 Å². The first-order chi connectivity index (χ1) is 16.1. The normalized spacial score (nSPS) is 17.3. The fourth-order valence-corrected chi connectivity index (χ4v) is 3.98. The molecule has 1 aliphatic heterocycles. The Morgan fingerprint density at radius 3 is 2.67 bits per heavy atom. The smallest absolute Gasteiger partial charge is 0.295 e. The maximum atomic E-state index is 13.1. The fourth-order valence-electron chi connectivity index (χ4n) is 3.98. The molecule has 168 valence electrons. The van der Waals surface area contributed by atoms with E-state index in [1.54, 1.807) is 55.0 Å². The van der Waals surface area contributed by atoms with Crippen molar-refractivity contribution in [3.63, 3.8) is 0 Å². The summed E-state index contributed by atoms with van der Waals surface area (Å²) in [6, 6.07) is 15.3. The Morgan fingerprint density at radius 2 is 1.94 bits per heavy atom. The molecule has 1 atom stereocenters. The summed E-state index contributed by atoms with van der Waals surface area (Å²) < 4.78 is 7.58. The van der Waals surface area contributed by atoms with Crippen molar-refractivity contribution in [1.29, 1.82) is 0 Å². The van der Waals surface area contributed by atoms with Gasteiger partial charge in [0.05, 0.1) is 17.9 Å². The molecule has 0 bridgehead atoms. The number of aliphatic hydroxyl groups is 1. The maximum Gasteiger partial charge on any atom is 0.295 e. The monoisotopic (exact) mass is 443 g/mol. The van der Waals surface area contributed by atoms with Crippen molar-refractivity contribution >= 4 is 17.4 Å². The standard InChI is InChI=1S/C26H25N3O4/c1-2-16-33-21-11-6-10-20(17-21)23-22(24(30)19-8-4-3-5-9-19)25(31)26(32)29(23)14-7-13-28-15-12-27-18-28/h2-6,8-12,15,17-18,23,30H,1,7,13-14,16H2/t23-/m0/s1. The average molecular weight is 444 g/mol. The molecule has 1 saturated heterocycles. The van der Waals surface area contributed by atoms with Gasteiger partial charge in [-0.3, -0.25) is 9.59 Å². The number of hydrogen-bond acceptors (Lipinski definition) is 5. The van der Waals surface area contributed by atoms with Crippen LogP contribution in [-0.4, -0.2) is 44.4 Å². The number of carbonyl (C=O) groups excluding carboxylic acids is 2. The summed E-state index contributed by atoms with van der Waals surface area (Å²) in [6.45, 7) is 4.99. The third-order valence-corrected chi connectivity index (χ3v) is 5.50. The Labute approximate surface area is 192 Å². The van der Waals surface area contributed by atoms with Crippen LogP contribution in [0.3, 0.4) is 0 Å². The Morgan fingerprint density at radius 1 is 1.12 bits per heavy atom. The van der Waals surface area contributed by atoms with Crippen molar-refractivity contribution in [1.82, 2.24) is 14.5 Å². The van der Waals surface area contributed by atoms with Crippen LogP contribution in [0.15, 0.2) is 91.5 Å². The second kappa shape index (κ2) is 9.99. The summed E-state index contributed by atoms with van der Waals surface area (Å²) in [7, 11) is 0. The Kier molecular flexibility index (Phi) is 6.69. The molecule has 1 aliphatic rings. The van der Waals surface area contributed by atoms with Gasteiger partial charge < -0.3 is 19.3 Å². The first-order valence-electron chi connectivity index (χ1n) is 10.7. The molecule has 7 heteroatoms. The highest BCUT2D eigenvalue weighted by Gasteiger charge is 2.45. The minimum Gasteiger partial charge on any atom is -0.507 e. The predicted molar refractivity (Wildman–Crippen MR) is 124 cm³/mol. The molecule has 1 aromatic heterocycles. The number of imidazole rings is 1. The van der Waals surface area contributed by atoms with Gasteiger partial charge in [0.2, 0.25) is 0 Å². The lowest BCUT2D eigenvalue weighted by atomic mass is 9.95. The predicted octanol–water partition coefficient (Wildman–Crippen LogP) is 3.96. The SMILES string of the molecule is C=CCOc1cccc([C@H]2C(=C(O)c3ccccc3)C(=O)C(=O)N2CCCn2ccnc2)c1. The number of ether oxygens (including phenoxy) is 1. The van der Waals surface area contributed by atoms with Gasteiger partial charge in [-0.25, -0.2) is 4.98 Å². The van der Waals surface area contributed by atoms with Gasteiger partial charge in [-0.1, -0.05) is 55.1 Å². The number of rotatable bonds is 9. The molecule has 1 fully saturated rings. The number of benzene rings is 2. The van der Waals surface area contributed by atoms with Crippen LogP contribution in [0.5, 0.6) is 5.75 Å². The highest BCUT2D eigenvalue weighted by Crippen LogP contribution is 2.40. The molecular formula is C26H25N3O4. The number of aromatic nitrogens is 2. The Hall–Kier alpha value is -4.13. The van der Waals surface area contributed by atoms with Gasteiger partial charge >= 0.3 is 0 Å². The van der Waals surface area contributed by atoms with E-state index in [9.17, 15) is 14.7 Å². The lowest BCUT2D eigenvalue weighted by Gasteiger charge is -2.25. The van der Waals surface area contributed by atoms with Crippen molar-refractivity contribution in [3.05, 3.63) is 103 Å². The van der Waals surface area contributed by atoms with Crippen LogP contribution in [0.1, 0.15) is 23.6 Å². The molecule has 2 aromatic carbocycles. The third-order valence-electron chi connectivity index (χ3n) is 5.50. The van der Waals surface area contributed by atoms with Gasteiger partial charge in [-0.15, -0.1) is 0 Å². The van der Waals surface area contributed by atoms with E-state index in [4.69, 9.17) is 4.74 Å². The lowest BCUT2D eigenvalue weighted by Crippen LogP contribution is -2.31. The van der Waals surface area contributed by atoms with Gasteiger partial charge in [-0.2, -0.15) is 0 Å². The van der Waals surface area contributed by atoms with Crippen LogP contribution in [0.4, 0.5) is 0 Å². The molecule has 0 aliphatic carbocycles. The molecular weight excluding hydrogens is 418 g/mol. The summed E-state index contributed by atoms with van der Waals surface area (Å²) in [5.74, 6) is -0.911. The molecule has 1 N–H and O–H groups in total. The highest BCUT2D eigenvalue weighted by molar-refractivity contribution is 6.46.